The van der Waals surface area contributed by atoms with Gasteiger partial charge in [-0.25, -0.2) is 4.39 Å². The second-order valence-corrected chi connectivity index (χ2v) is 7.44. The molecule has 3 aromatic rings. The van der Waals surface area contributed by atoms with Crippen LogP contribution in [0.3, 0.4) is 0 Å². The van der Waals surface area contributed by atoms with Crippen LogP contribution in [-0.4, -0.2) is 11.0 Å². The third-order valence-electron chi connectivity index (χ3n) is 4.27. The third-order valence-corrected chi connectivity index (χ3v) is 5.50. The Labute approximate surface area is 157 Å². The molecule has 0 aliphatic carbocycles. The lowest BCUT2D eigenvalue weighted by Crippen LogP contribution is -2.08. The Morgan fingerprint density at radius 3 is 2.42 bits per heavy atom. The summed E-state index contributed by atoms with van der Waals surface area (Å²) < 4.78 is 13.3. The van der Waals surface area contributed by atoms with Gasteiger partial charge in [-0.05, 0) is 35.4 Å². The van der Waals surface area contributed by atoms with E-state index in [4.69, 9.17) is 4.99 Å². The molecule has 1 unspecified atom stereocenters. The van der Waals surface area contributed by atoms with Gasteiger partial charge in [0.1, 0.15) is 5.82 Å². The fraction of sp³-hybridized carbons (Fsp3) is 0.0870. The Balaban J connectivity index is 1.68. The van der Waals surface area contributed by atoms with Crippen molar-refractivity contribution in [1.82, 2.24) is 0 Å². The lowest BCUT2D eigenvalue weighted by molar-refractivity contribution is 0.628. The molecule has 0 aromatic heterocycles. The van der Waals surface area contributed by atoms with Crippen molar-refractivity contribution in [2.24, 2.45) is 4.99 Å². The van der Waals surface area contributed by atoms with Gasteiger partial charge in [0.2, 0.25) is 0 Å². The van der Waals surface area contributed by atoms with E-state index in [9.17, 15) is 4.39 Å². The van der Waals surface area contributed by atoms with Gasteiger partial charge in [-0.15, -0.1) is 11.8 Å². The van der Waals surface area contributed by atoms with Gasteiger partial charge in [0.15, 0.2) is 0 Å². The van der Waals surface area contributed by atoms with Gasteiger partial charge >= 0.3 is 0 Å². The number of thioether (sulfide) groups is 1. The number of para-hydroxylation sites is 1. The van der Waals surface area contributed by atoms with Crippen LogP contribution >= 0.6 is 11.8 Å². The maximum absolute atomic E-state index is 13.3. The first-order valence-electron chi connectivity index (χ1n) is 8.60. The highest BCUT2D eigenvalue weighted by atomic mass is 32.2. The number of benzene rings is 3. The van der Waals surface area contributed by atoms with Crippen LogP contribution < -0.4 is 0 Å². The summed E-state index contributed by atoms with van der Waals surface area (Å²) in [6.07, 6.45) is 5.20. The summed E-state index contributed by atoms with van der Waals surface area (Å²) >= 11 is 1.82. The molecule has 1 aliphatic heterocycles. The van der Waals surface area contributed by atoms with Crippen molar-refractivity contribution in [2.75, 3.05) is 0 Å². The van der Waals surface area contributed by atoms with Crippen molar-refractivity contribution in [1.29, 1.82) is 0 Å². The maximum Gasteiger partial charge on any atom is 0.123 e. The quantitative estimate of drug-likeness (QED) is 0.518. The van der Waals surface area contributed by atoms with Crippen LogP contribution in [0, 0.1) is 5.82 Å². The van der Waals surface area contributed by atoms with Gasteiger partial charge in [-0.1, -0.05) is 66.7 Å². The maximum atomic E-state index is 13.3. The molecule has 128 valence electrons. The summed E-state index contributed by atoms with van der Waals surface area (Å²) in [6, 6.07) is 25.1. The molecule has 0 saturated heterocycles. The SMILES string of the molecule is Fc1ccc(C2=Nc3ccccc3SC(/C=C/c3ccccc3)C2)cc1. The van der Waals surface area contributed by atoms with Gasteiger partial charge < -0.3 is 0 Å². The number of hydrogen-bond acceptors (Lipinski definition) is 2. The van der Waals surface area contributed by atoms with Crippen LogP contribution in [-0.2, 0) is 0 Å². The first-order valence-corrected chi connectivity index (χ1v) is 9.48. The minimum atomic E-state index is -0.224. The average molecular weight is 359 g/mol. The molecule has 0 radical (unpaired) electrons. The zero-order valence-electron chi connectivity index (χ0n) is 14.2. The number of fused-ring (bicyclic) bond motifs is 1. The van der Waals surface area contributed by atoms with Gasteiger partial charge in [-0.2, -0.15) is 0 Å². The summed E-state index contributed by atoms with van der Waals surface area (Å²) in [5.74, 6) is -0.224. The number of rotatable bonds is 3. The molecular weight excluding hydrogens is 341 g/mol. The first kappa shape index (κ1) is 16.8. The average Bonchev–Trinajstić information content (AvgIpc) is 2.87. The molecule has 3 aromatic carbocycles. The third kappa shape index (κ3) is 3.94. The van der Waals surface area contributed by atoms with E-state index >= 15 is 0 Å². The lowest BCUT2D eigenvalue weighted by Gasteiger charge is -2.11. The summed E-state index contributed by atoms with van der Waals surface area (Å²) in [4.78, 5) is 6.06. The fourth-order valence-electron chi connectivity index (χ4n) is 2.95. The summed E-state index contributed by atoms with van der Waals surface area (Å²) in [5, 5.41) is 0.266. The van der Waals surface area contributed by atoms with Crippen LogP contribution in [0.4, 0.5) is 10.1 Å². The lowest BCUT2D eigenvalue weighted by atomic mass is 10.0. The Bertz CT molecular complexity index is 945. The van der Waals surface area contributed by atoms with Gasteiger partial charge in [-0.3, -0.25) is 4.99 Å². The molecule has 26 heavy (non-hydrogen) atoms. The topological polar surface area (TPSA) is 12.4 Å². The Morgan fingerprint density at radius 1 is 0.885 bits per heavy atom. The molecule has 1 heterocycles. The minimum Gasteiger partial charge on any atom is -0.252 e. The molecule has 3 heteroatoms. The normalized spacial score (nSPS) is 16.8. The second-order valence-electron chi connectivity index (χ2n) is 6.16. The standard InChI is InChI=1S/C23H18FNS/c24-19-13-11-18(12-14-19)22-16-20(15-10-17-6-2-1-3-7-17)26-23-9-5-4-8-21(23)25-22/h1-15,20H,16H2/b15-10+. The molecule has 0 saturated carbocycles. The molecule has 0 bridgehead atoms. The van der Waals surface area contributed by atoms with Crippen molar-refractivity contribution in [3.05, 3.63) is 102 Å². The number of hydrogen-bond donors (Lipinski definition) is 0. The van der Waals surface area contributed by atoms with Gasteiger partial charge in [0.05, 0.1) is 5.69 Å². The molecule has 4 rings (SSSR count). The van der Waals surface area contributed by atoms with E-state index in [1.54, 1.807) is 0 Å². The van der Waals surface area contributed by atoms with Crippen LogP contribution in [0.25, 0.3) is 6.08 Å². The Hall–Kier alpha value is -2.65. The Kier molecular flexibility index (Phi) is 4.98. The van der Waals surface area contributed by atoms with Crippen LogP contribution in [0.15, 0.2) is 94.8 Å². The summed E-state index contributed by atoms with van der Waals surface area (Å²) in [5.41, 5.74) is 4.13. The number of aliphatic imine (C=N–C) groups is 1. The zero-order valence-corrected chi connectivity index (χ0v) is 15.0. The van der Waals surface area contributed by atoms with Gasteiger partial charge in [0.25, 0.3) is 0 Å². The van der Waals surface area contributed by atoms with E-state index in [1.807, 2.05) is 60.3 Å². The fourth-order valence-corrected chi connectivity index (χ4v) is 4.07. The number of nitrogens with zero attached hydrogens (tertiary/aromatic N) is 1. The monoisotopic (exact) mass is 359 g/mol. The van der Waals surface area contributed by atoms with Crippen molar-refractivity contribution in [3.63, 3.8) is 0 Å². The molecule has 0 spiro atoms. The largest absolute Gasteiger partial charge is 0.252 e. The van der Waals surface area contributed by atoms with Crippen molar-refractivity contribution in [2.45, 2.75) is 16.6 Å². The van der Waals surface area contributed by atoms with E-state index in [1.165, 1.54) is 22.6 Å². The molecular formula is C23H18FNS. The molecule has 1 nitrogen and oxygen atoms in total. The van der Waals surface area contributed by atoms with E-state index in [-0.39, 0.29) is 11.1 Å². The van der Waals surface area contributed by atoms with Crippen LogP contribution in [0.1, 0.15) is 17.5 Å². The van der Waals surface area contributed by atoms with Crippen molar-refractivity contribution < 1.29 is 4.39 Å². The summed E-state index contributed by atoms with van der Waals surface area (Å²) in [6.45, 7) is 0. The van der Waals surface area contributed by atoms with E-state index in [0.717, 1.165) is 23.4 Å². The highest BCUT2D eigenvalue weighted by Crippen LogP contribution is 2.38. The summed E-state index contributed by atoms with van der Waals surface area (Å²) in [7, 11) is 0. The van der Waals surface area contributed by atoms with Crippen LogP contribution in [0.2, 0.25) is 0 Å². The molecule has 1 atom stereocenters. The first-order chi connectivity index (χ1) is 12.8. The molecule has 0 N–H and O–H groups in total. The van der Waals surface area contributed by atoms with Crippen molar-refractivity contribution >= 4 is 29.2 Å². The van der Waals surface area contributed by atoms with Crippen molar-refractivity contribution in [3.8, 4) is 0 Å². The predicted octanol–water partition coefficient (Wildman–Crippen LogP) is 6.52. The van der Waals surface area contributed by atoms with E-state index in [0.29, 0.717) is 0 Å². The minimum absolute atomic E-state index is 0.224. The van der Waals surface area contributed by atoms with E-state index in [2.05, 4.69) is 30.4 Å². The zero-order chi connectivity index (χ0) is 17.8. The van der Waals surface area contributed by atoms with E-state index < -0.39 is 0 Å². The highest BCUT2D eigenvalue weighted by Gasteiger charge is 2.19. The molecule has 1 aliphatic rings. The predicted molar refractivity (Wildman–Crippen MR) is 109 cm³/mol. The molecule has 0 amide bonds. The smallest absolute Gasteiger partial charge is 0.123 e. The Morgan fingerprint density at radius 2 is 1.62 bits per heavy atom. The van der Waals surface area contributed by atoms with Gasteiger partial charge in [0, 0.05) is 22.3 Å². The highest BCUT2D eigenvalue weighted by molar-refractivity contribution is 8.00. The number of halogens is 1. The molecule has 0 fully saturated rings. The van der Waals surface area contributed by atoms with Crippen LogP contribution in [0.5, 0.6) is 0 Å². The second kappa shape index (κ2) is 7.71.